The molecular formula is C12H10Cl2N4O. The fourth-order valence-corrected chi connectivity index (χ4v) is 1.78. The van der Waals surface area contributed by atoms with E-state index in [1.807, 2.05) is 0 Å². The number of nitrogen functional groups attached to an aromatic ring is 1. The highest BCUT2D eigenvalue weighted by molar-refractivity contribution is 6.43. The van der Waals surface area contributed by atoms with E-state index in [0.29, 0.717) is 27.2 Å². The van der Waals surface area contributed by atoms with Crippen LogP contribution < -0.4 is 16.8 Å². The number of rotatable bonds is 3. The second-order valence-corrected chi connectivity index (χ2v) is 4.51. The van der Waals surface area contributed by atoms with Crippen LogP contribution in [-0.4, -0.2) is 10.9 Å². The number of hydrogen-bond acceptors (Lipinski definition) is 4. The van der Waals surface area contributed by atoms with Gasteiger partial charge in [0.2, 0.25) is 0 Å². The number of nitrogens with two attached hydrogens (primary N) is 2. The minimum absolute atomic E-state index is 0.106. The number of nitrogens with zero attached hydrogens (tertiary/aromatic N) is 1. The summed E-state index contributed by atoms with van der Waals surface area (Å²) in [6.07, 6.45) is 0. The van der Waals surface area contributed by atoms with Crippen molar-refractivity contribution in [1.29, 1.82) is 0 Å². The lowest BCUT2D eigenvalue weighted by Crippen LogP contribution is -2.14. The summed E-state index contributed by atoms with van der Waals surface area (Å²) in [5.41, 5.74) is 11.9. The van der Waals surface area contributed by atoms with Crippen LogP contribution in [0.25, 0.3) is 0 Å². The summed E-state index contributed by atoms with van der Waals surface area (Å²) in [5.74, 6) is -0.347. The number of primary amides is 1. The third kappa shape index (κ3) is 2.89. The van der Waals surface area contributed by atoms with Gasteiger partial charge in [0.05, 0.1) is 21.4 Å². The Labute approximate surface area is 119 Å². The third-order valence-electron chi connectivity index (χ3n) is 2.38. The van der Waals surface area contributed by atoms with Crippen molar-refractivity contribution in [3.8, 4) is 0 Å². The second-order valence-electron chi connectivity index (χ2n) is 3.72. The maximum absolute atomic E-state index is 11.1. The van der Waals surface area contributed by atoms with Crippen LogP contribution in [0.5, 0.6) is 0 Å². The van der Waals surface area contributed by atoms with Crippen LogP contribution in [0.1, 0.15) is 10.5 Å². The van der Waals surface area contributed by atoms with E-state index in [0.717, 1.165) is 0 Å². The molecule has 0 atom stereocenters. The number of halogens is 2. The average Bonchev–Trinajstić information content (AvgIpc) is 2.37. The molecule has 0 aliphatic carbocycles. The molecule has 0 unspecified atom stereocenters. The van der Waals surface area contributed by atoms with Gasteiger partial charge in [-0.15, -0.1) is 0 Å². The minimum atomic E-state index is -0.639. The van der Waals surface area contributed by atoms with Crippen molar-refractivity contribution < 1.29 is 4.79 Å². The first-order valence-electron chi connectivity index (χ1n) is 5.26. The van der Waals surface area contributed by atoms with Gasteiger partial charge in [-0.25, -0.2) is 4.98 Å². The van der Waals surface area contributed by atoms with Crippen molar-refractivity contribution in [3.05, 3.63) is 46.1 Å². The summed E-state index contributed by atoms with van der Waals surface area (Å²) in [5, 5.41) is 3.66. The number of anilines is 3. The molecule has 1 amide bonds. The summed E-state index contributed by atoms with van der Waals surface area (Å²) in [6, 6.07) is 8.08. The van der Waals surface area contributed by atoms with E-state index in [9.17, 15) is 4.79 Å². The molecule has 5 nitrogen and oxygen atoms in total. The van der Waals surface area contributed by atoms with Crippen molar-refractivity contribution in [3.63, 3.8) is 0 Å². The molecule has 1 aromatic heterocycles. The van der Waals surface area contributed by atoms with Crippen LogP contribution in [0.15, 0.2) is 30.3 Å². The van der Waals surface area contributed by atoms with E-state index in [2.05, 4.69) is 10.3 Å². The largest absolute Gasteiger partial charge is 0.396 e. The summed E-state index contributed by atoms with van der Waals surface area (Å²) in [4.78, 5) is 15.1. The highest BCUT2D eigenvalue weighted by Gasteiger charge is 2.10. The predicted molar refractivity (Wildman–Crippen MR) is 76.9 cm³/mol. The molecule has 1 aromatic carbocycles. The monoisotopic (exact) mass is 296 g/mol. The Kier molecular flexibility index (Phi) is 3.78. The van der Waals surface area contributed by atoms with E-state index in [4.69, 9.17) is 34.7 Å². The molecule has 5 N–H and O–H groups in total. The molecule has 0 aliphatic heterocycles. The molecule has 1 heterocycles. The standard InChI is InChI=1S/C12H10Cl2N4O/c13-6-2-1-3-8(10(6)14)17-12-7(15)4-5-9(18-12)11(16)19/h1-5H,15H2,(H2,16,19)(H,17,18). The number of carbonyl (C=O) groups excluding carboxylic acids is 1. The van der Waals surface area contributed by atoms with Crippen LogP contribution in [0.4, 0.5) is 17.2 Å². The Morgan fingerprint density at radius 2 is 1.95 bits per heavy atom. The number of nitrogens with one attached hydrogen (secondary N) is 1. The molecule has 0 saturated carbocycles. The topological polar surface area (TPSA) is 94.0 Å². The van der Waals surface area contributed by atoms with Crippen molar-refractivity contribution in [2.24, 2.45) is 5.73 Å². The Hall–Kier alpha value is -1.98. The van der Waals surface area contributed by atoms with Gasteiger partial charge in [-0.2, -0.15) is 0 Å². The number of pyridine rings is 1. The molecule has 0 aliphatic rings. The van der Waals surface area contributed by atoms with Crippen molar-refractivity contribution in [2.75, 3.05) is 11.1 Å². The van der Waals surface area contributed by atoms with Crippen LogP contribution in [0.3, 0.4) is 0 Å². The van der Waals surface area contributed by atoms with E-state index in [-0.39, 0.29) is 5.69 Å². The number of hydrogen-bond donors (Lipinski definition) is 3. The molecule has 0 saturated heterocycles. The van der Waals surface area contributed by atoms with E-state index < -0.39 is 5.91 Å². The number of carbonyl (C=O) groups is 1. The SMILES string of the molecule is NC(=O)c1ccc(N)c(Nc2cccc(Cl)c2Cl)n1. The molecule has 2 rings (SSSR count). The van der Waals surface area contributed by atoms with Gasteiger partial charge in [0, 0.05) is 0 Å². The zero-order valence-corrected chi connectivity index (χ0v) is 11.2. The maximum atomic E-state index is 11.1. The van der Waals surface area contributed by atoms with E-state index in [1.165, 1.54) is 12.1 Å². The van der Waals surface area contributed by atoms with Crippen LogP contribution in [0.2, 0.25) is 10.0 Å². The molecule has 19 heavy (non-hydrogen) atoms. The highest BCUT2D eigenvalue weighted by atomic mass is 35.5. The van der Waals surface area contributed by atoms with Crippen molar-refractivity contribution in [1.82, 2.24) is 4.98 Å². The summed E-state index contributed by atoms with van der Waals surface area (Å²) >= 11 is 11.9. The number of aromatic nitrogens is 1. The van der Waals surface area contributed by atoms with Crippen molar-refractivity contribution >= 4 is 46.3 Å². The average molecular weight is 297 g/mol. The Morgan fingerprint density at radius 3 is 2.63 bits per heavy atom. The smallest absolute Gasteiger partial charge is 0.267 e. The lowest BCUT2D eigenvalue weighted by molar-refractivity contribution is 0.0996. The van der Waals surface area contributed by atoms with Gasteiger partial charge < -0.3 is 16.8 Å². The van der Waals surface area contributed by atoms with Gasteiger partial charge in [-0.3, -0.25) is 4.79 Å². The zero-order chi connectivity index (χ0) is 14.0. The molecule has 0 radical (unpaired) electrons. The minimum Gasteiger partial charge on any atom is -0.396 e. The molecule has 0 fully saturated rings. The molecule has 0 bridgehead atoms. The van der Waals surface area contributed by atoms with Crippen LogP contribution >= 0.6 is 23.2 Å². The fourth-order valence-electron chi connectivity index (χ4n) is 1.44. The lowest BCUT2D eigenvalue weighted by Gasteiger charge is -2.11. The van der Waals surface area contributed by atoms with Gasteiger partial charge in [-0.1, -0.05) is 29.3 Å². The van der Waals surface area contributed by atoms with Gasteiger partial charge in [-0.05, 0) is 24.3 Å². The normalized spacial score (nSPS) is 10.2. The molecule has 2 aromatic rings. The summed E-state index contributed by atoms with van der Waals surface area (Å²) in [7, 11) is 0. The number of amides is 1. The third-order valence-corrected chi connectivity index (χ3v) is 3.20. The first kappa shape index (κ1) is 13.5. The Bertz CT molecular complexity index is 646. The van der Waals surface area contributed by atoms with Gasteiger partial charge >= 0.3 is 0 Å². The van der Waals surface area contributed by atoms with Crippen LogP contribution in [-0.2, 0) is 0 Å². The van der Waals surface area contributed by atoms with Gasteiger partial charge in [0.15, 0.2) is 5.82 Å². The summed E-state index contributed by atoms with van der Waals surface area (Å²) < 4.78 is 0. The fraction of sp³-hybridized carbons (Fsp3) is 0. The summed E-state index contributed by atoms with van der Waals surface area (Å²) in [6.45, 7) is 0. The number of benzene rings is 1. The first-order chi connectivity index (χ1) is 8.99. The molecular weight excluding hydrogens is 287 g/mol. The maximum Gasteiger partial charge on any atom is 0.267 e. The highest BCUT2D eigenvalue weighted by Crippen LogP contribution is 2.32. The van der Waals surface area contributed by atoms with E-state index >= 15 is 0 Å². The molecule has 0 spiro atoms. The quantitative estimate of drug-likeness (QED) is 0.812. The lowest BCUT2D eigenvalue weighted by atomic mass is 10.3. The van der Waals surface area contributed by atoms with Crippen molar-refractivity contribution in [2.45, 2.75) is 0 Å². The van der Waals surface area contributed by atoms with Gasteiger partial charge in [0.25, 0.3) is 5.91 Å². The van der Waals surface area contributed by atoms with Gasteiger partial charge in [0.1, 0.15) is 5.69 Å². The Balaban J connectivity index is 2.40. The predicted octanol–water partition coefficient (Wildman–Crippen LogP) is 2.81. The molecule has 7 heteroatoms. The molecule has 98 valence electrons. The Morgan fingerprint density at radius 1 is 1.21 bits per heavy atom. The van der Waals surface area contributed by atoms with Crippen LogP contribution in [0, 0.1) is 0 Å². The second kappa shape index (κ2) is 5.34. The zero-order valence-electron chi connectivity index (χ0n) is 9.65. The first-order valence-corrected chi connectivity index (χ1v) is 6.02. The van der Waals surface area contributed by atoms with E-state index in [1.54, 1.807) is 18.2 Å².